The summed E-state index contributed by atoms with van der Waals surface area (Å²) in [6.07, 6.45) is 7.32. The third-order valence-corrected chi connectivity index (χ3v) is 4.52. The molecule has 2 aromatic carbocycles. The van der Waals surface area contributed by atoms with E-state index in [0.717, 1.165) is 16.9 Å². The summed E-state index contributed by atoms with van der Waals surface area (Å²) in [6, 6.07) is 25.2. The van der Waals surface area contributed by atoms with Crippen molar-refractivity contribution in [1.29, 1.82) is 0 Å². The van der Waals surface area contributed by atoms with E-state index in [4.69, 9.17) is 0 Å². The summed E-state index contributed by atoms with van der Waals surface area (Å²) in [5.74, 6) is 0. The first-order chi connectivity index (χ1) is 12.8. The van der Waals surface area contributed by atoms with Crippen molar-refractivity contribution in [2.24, 2.45) is 0 Å². The van der Waals surface area contributed by atoms with Crippen molar-refractivity contribution >= 4 is 11.4 Å². The monoisotopic (exact) mass is 337 g/mol. The Morgan fingerprint density at radius 2 is 1.08 bits per heavy atom. The van der Waals surface area contributed by atoms with E-state index in [9.17, 15) is 0 Å². The first-order valence-corrected chi connectivity index (χ1v) is 8.56. The summed E-state index contributed by atoms with van der Waals surface area (Å²) >= 11 is 0. The number of hydrogen-bond acceptors (Lipinski definition) is 3. The predicted molar refractivity (Wildman–Crippen MR) is 107 cm³/mol. The van der Waals surface area contributed by atoms with Crippen LogP contribution in [0.25, 0.3) is 22.3 Å². The van der Waals surface area contributed by atoms with Crippen molar-refractivity contribution in [3.8, 4) is 22.3 Å². The highest BCUT2D eigenvalue weighted by Gasteiger charge is 2.06. The average Bonchev–Trinajstić information content (AvgIpc) is 2.75. The van der Waals surface area contributed by atoms with E-state index in [1.165, 1.54) is 16.7 Å². The van der Waals surface area contributed by atoms with Crippen LogP contribution in [0.5, 0.6) is 0 Å². The Morgan fingerprint density at radius 1 is 0.538 bits per heavy atom. The van der Waals surface area contributed by atoms with Gasteiger partial charge in [-0.15, -0.1) is 0 Å². The summed E-state index contributed by atoms with van der Waals surface area (Å²) < 4.78 is 0. The highest BCUT2D eigenvalue weighted by atomic mass is 15.1. The van der Waals surface area contributed by atoms with Crippen LogP contribution in [0.2, 0.25) is 0 Å². The molecule has 0 saturated heterocycles. The molecule has 0 amide bonds. The lowest BCUT2D eigenvalue weighted by Gasteiger charge is -2.20. The van der Waals surface area contributed by atoms with Crippen LogP contribution in [0.4, 0.5) is 11.4 Å². The van der Waals surface area contributed by atoms with Gasteiger partial charge >= 0.3 is 0 Å². The first kappa shape index (κ1) is 16.0. The number of nitrogens with zero attached hydrogens (tertiary/aromatic N) is 3. The van der Waals surface area contributed by atoms with Crippen molar-refractivity contribution in [3.05, 3.63) is 97.6 Å². The van der Waals surface area contributed by atoms with Crippen LogP contribution in [0.3, 0.4) is 0 Å². The second kappa shape index (κ2) is 7.19. The van der Waals surface area contributed by atoms with E-state index in [-0.39, 0.29) is 0 Å². The highest BCUT2D eigenvalue weighted by Crippen LogP contribution is 2.28. The lowest BCUT2D eigenvalue weighted by Crippen LogP contribution is -2.08. The lowest BCUT2D eigenvalue weighted by molar-refractivity contribution is 1.21. The zero-order valence-corrected chi connectivity index (χ0v) is 14.6. The fourth-order valence-electron chi connectivity index (χ4n) is 2.98. The molecule has 4 rings (SSSR count). The maximum atomic E-state index is 4.19. The minimum Gasteiger partial charge on any atom is -0.345 e. The molecule has 0 fully saturated rings. The average molecular weight is 337 g/mol. The zero-order chi connectivity index (χ0) is 17.8. The van der Waals surface area contributed by atoms with Crippen LogP contribution in [0, 0.1) is 0 Å². The molecule has 0 aliphatic heterocycles. The van der Waals surface area contributed by atoms with Gasteiger partial charge in [0.05, 0.1) is 0 Å². The second-order valence-electron chi connectivity index (χ2n) is 6.13. The van der Waals surface area contributed by atoms with Crippen LogP contribution < -0.4 is 4.90 Å². The maximum absolute atomic E-state index is 4.19. The van der Waals surface area contributed by atoms with Crippen molar-refractivity contribution in [1.82, 2.24) is 9.97 Å². The molecule has 0 bridgehead atoms. The number of rotatable bonds is 4. The lowest BCUT2D eigenvalue weighted by atomic mass is 10.1. The molecule has 0 atom stereocenters. The summed E-state index contributed by atoms with van der Waals surface area (Å²) in [7, 11) is 2.08. The van der Waals surface area contributed by atoms with Crippen molar-refractivity contribution in [3.63, 3.8) is 0 Å². The molecule has 2 aromatic heterocycles. The Labute approximate surface area is 153 Å². The zero-order valence-electron chi connectivity index (χ0n) is 14.6. The van der Waals surface area contributed by atoms with Crippen molar-refractivity contribution in [2.75, 3.05) is 11.9 Å². The van der Waals surface area contributed by atoms with E-state index in [0.29, 0.717) is 0 Å². The molecule has 3 heteroatoms. The van der Waals surface area contributed by atoms with Crippen LogP contribution in [-0.2, 0) is 0 Å². The van der Waals surface area contributed by atoms with E-state index in [2.05, 4.69) is 76.5 Å². The second-order valence-corrected chi connectivity index (χ2v) is 6.13. The Kier molecular flexibility index (Phi) is 4.44. The first-order valence-electron chi connectivity index (χ1n) is 8.56. The molecule has 0 aliphatic carbocycles. The van der Waals surface area contributed by atoms with Crippen LogP contribution in [0.1, 0.15) is 0 Å². The van der Waals surface area contributed by atoms with E-state index in [1.807, 2.05) is 36.8 Å². The number of aromatic nitrogens is 2. The molecule has 26 heavy (non-hydrogen) atoms. The number of pyridine rings is 2. The van der Waals surface area contributed by atoms with Gasteiger partial charge in [0.25, 0.3) is 0 Å². The third-order valence-electron chi connectivity index (χ3n) is 4.52. The molecule has 126 valence electrons. The van der Waals surface area contributed by atoms with Gasteiger partial charge < -0.3 is 4.90 Å². The van der Waals surface area contributed by atoms with Gasteiger partial charge in [0.1, 0.15) is 0 Å². The summed E-state index contributed by atoms with van der Waals surface area (Å²) in [6.45, 7) is 0. The Hall–Kier alpha value is -3.46. The van der Waals surface area contributed by atoms with Gasteiger partial charge in [-0.2, -0.15) is 0 Å². The normalized spacial score (nSPS) is 10.5. The molecule has 4 aromatic rings. The van der Waals surface area contributed by atoms with Gasteiger partial charge in [-0.3, -0.25) is 9.97 Å². The fourth-order valence-corrected chi connectivity index (χ4v) is 2.98. The minimum absolute atomic E-state index is 1.13. The Balaban J connectivity index is 1.55. The molecule has 0 spiro atoms. The van der Waals surface area contributed by atoms with Gasteiger partial charge in [-0.05, 0) is 64.7 Å². The largest absolute Gasteiger partial charge is 0.345 e. The summed E-state index contributed by atoms with van der Waals surface area (Å²) in [4.78, 5) is 10.4. The molecule has 0 aliphatic rings. The van der Waals surface area contributed by atoms with Crippen molar-refractivity contribution < 1.29 is 0 Å². The number of benzene rings is 2. The molecular formula is C23H19N3. The van der Waals surface area contributed by atoms with Crippen LogP contribution >= 0.6 is 0 Å². The molecule has 3 nitrogen and oxygen atoms in total. The SMILES string of the molecule is CN(c1ccc(-c2ccncc2)cc1)c1ccc(-c2cccnc2)cc1. The van der Waals surface area contributed by atoms with Crippen molar-refractivity contribution in [2.45, 2.75) is 0 Å². The van der Waals surface area contributed by atoms with Gasteiger partial charge in [-0.1, -0.05) is 30.3 Å². The van der Waals surface area contributed by atoms with Gasteiger partial charge in [0, 0.05) is 43.2 Å². The minimum atomic E-state index is 1.13. The number of hydrogen-bond donors (Lipinski definition) is 0. The molecule has 0 radical (unpaired) electrons. The third kappa shape index (κ3) is 3.33. The predicted octanol–water partition coefficient (Wildman–Crippen LogP) is 5.58. The molecule has 0 unspecified atom stereocenters. The van der Waals surface area contributed by atoms with Gasteiger partial charge in [-0.25, -0.2) is 0 Å². The van der Waals surface area contributed by atoms with Gasteiger partial charge in [0.2, 0.25) is 0 Å². The molecular weight excluding hydrogens is 318 g/mol. The van der Waals surface area contributed by atoms with E-state index < -0.39 is 0 Å². The van der Waals surface area contributed by atoms with Crippen LogP contribution in [-0.4, -0.2) is 17.0 Å². The topological polar surface area (TPSA) is 29.0 Å². The summed E-state index contributed by atoms with van der Waals surface area (Å²) in [5.41, 5.74) is 6.96. The standard InChI is InChI=1S/C23H19N3/c1-26(22-8-4-18(5-9-22)20-12-15-24-16-13-20)23-10-6-19(7-11-23)21-3-2-14-25-17-21/h2-17H,1H3. The van der Waals surface area contributed by atoms with Gasteiger partial charge in [0.15, 0.2) is 0 Å². The van der Waals surface area contributed by atoms with E-state index in [1.54, 1.807) is 6.20 Å². The van der Waals surface area contributed by atoms with E-state index >= 15 is 0 Å². The maximum Gasteiger partial charge on any atom is 0.0408 e. The van der Waals surface area contributed by atoms with Crippen LogP contribution in [0.15, 0.2) is 97.6 Å². The Bertz CT molecular complexity index is 880. The highest BCUT2D eigenvalue weighted by molar-refractivity contribution is 5.71. The molecule has 2 heterocycles. The Morgan fingerprint density at radius 3 is 1.62 bits per heavy atom. The quantitative estimate of drug-likeness (QED) is 0.487. The summed E-state index contributed by atoms with van der Waals surface area (Å²) in [5, 5.41) is 0. The number of anilines is 2. The molecule has 0 N–H and O–H groups in total. The fraction of sp³-hybridized carbons (Fsp3) is 0.0435. The molecule has 0 saturated carbocycles. The smallest absolute Gasteiger partial charge is 0.0408 e.